The van der Waals surface area contributed by atoms with Gasteiger partial charge in [0.2, 0.25) is 5.88 Å². The quantitative estimate of drug-likeness (QED) is 0.682. The molecule has 3 heterocycles. The van der Waals surface area contributed by atoms with Crippen LogP contribution in [0, 0.1) is 0 Å². The number of nitrogens with zero attached hydrogens (tertiary/aromatic N) is 4. The van der Waals surface area contributed by atoms with Crippen molar-refractivity contribution in [3.8, 4) is 11.6 Å². The van der Waals surface area contributed by atoms with Crippen LogP contribution in [0.5, 0.6) is 11.6 Å². The van der Waals surface area contributed by atoms with Crippen molar-refractivity contribution < 1.29 is 4.74 Å². The number of ether oxygens (including phenoxy) is 1. The first-order valence-corrected chi connectivity index (χ1v) is 8.05. The Kier molecular flexibility index (Phi) is 4.21. The summed E-state index contributed by atoms with van der Waals surface area (Å²) in [5.41, 5.74) is 1.05. The third kappa shape index (κ3) is 2.93. The van der Waals surface area contributed by atoms with Crippen molar-refractivity contribution in [2.24, 2.45) is 0 Å². The molecule has 7 heteroatoms. The molecule has 0 spiro atoms. The van der Waals surface area contributed by atoms with Crippen LogP contribution in [0.25, 0.3) is 4.96 Å². The Labute approximate surface area is 127 Å². The zero-order valence-corrected chi connectivity index (χ0v) is 13.1. The maximum Gasteiger partial charge on any atom is 0.243 e. The molecule has 112 valence electrons. The lowest BCUT2D eigenvalue weighted by Gasteiger charge is -2.05. The molecule has 1 N–H and O–H groups in total. The van der Waals surface area contributed by atoms with Gasteiger partial charge in [-0.05, 0) is 19.9 Å². The average Bonchev–Trinajstić information content (AvgIpc) is 3.17. The zero-order chi connectivity index (χ0) is 14.7. The van der Waals surface area contributed by atoms with Crippen molar-refractivity contribution >= 4 is 16.3 Å². The van der Waals surface area contributed by atoms with Gasteiger partial charge in [-0.25, -0.2) is 0 Å². The highest BCUT2D eigenvalue weighted by molar-refractivity contribution is 7.15. The smallest absolute Gasteiger partial charge is 0.243 e. The number of rotatable bonds is 7. The van der Waals surface area contributed by atoms with E-state index < -0.39 is 0 Å². The molecule has 3 aromatic rings. The number of aromatic nitrogens is 4. The van der Waals surface area contributed by atoms with Gasteiger partial charge in [-0.2, -0.15) is 10.1 Å². The number of hydrogen-bond donors (Lipinski definition) is 1. The molecule has 0 aliphatic carbocycles. The molecule has 0 aliphatic heterocycles. The van der Waals surface area contributed by atoms with Crippen molar-refractivity contribution in [3.05, 3.63) is 29.7 Å². The van der Waals surface area contributed by atoms with Crippen LogP contribution in [0.15, 0.2) is 24.0 Å². The van der Waals surface area contributed by atoms with E-state index in [1.807, 2.05) is 29.4 Å². The van der Waals surface area contributed by atoms with E-state index in [0.717, 1.165) is 42.5 Å². The first kappa shape index (κ1) is 14.1. The van der Waals surface area contributed by atoms with Gasteiger partial charge in [0.05, 0.1) is 12.4 Å². The molecule has 0 aromatic carbocycles. The Balaban J connectivity index is 1.85. The summed E-state index contributed by atoms with van der Waals surface area (Å²) >= 11 is 1.61. The van der Waals surface area contributed by atoms with Crippen LogP contribution < -0.4 is 10.1 Å². The molecule has 0 saturated heterocycles. The molecule has 6 nitrogen and oxygen atoms in total. The van der Waals surface area contributed by atoms with Crippen LogP contribution in [0.1, 0.15) is 26.0 Å². The summed E-state index contributed by atoms with van der Waals surface area (Å²) < 4.78 is 9.83. The van der Waals surface area contributed by atoms with Crippen LogP contribution in [0.2, 0.25) is 0 Å². The first-order valence-electron chi connectivity index (χ1n) is 7.17. The van der Waals surface area contributed by atoms with E-state index in [1.54, 1.807) is 17.5 Å². The molecule has 0 atom stereocenters. The van der Waals surface area contributed by atoms with Gasteiger partial charge < -0.3 is 10.1 Å². The standard InChI is InChI=1S/C14H19N5OS/c1-3-5-15-9-12-13(17-14-19(12)6-7-21-14)20-11-8-16-18(4-2)10-11/h6-8,10,15H,3-5,9H2,1-2H3. The Morgan fingerprint density at radius 3 is 3.05 bits per heavy atom. The van der Waals surface area contributed by atoms with Gasteiger partial charge in [0, 0.05) is 24.7 Å². The summed E-state index contributed by atoms with van der Waals surface area (Å²) in [6, 6.07) is 0. The second-order valence-electron chi connectivity index (χ2n) is 4.73. The van der Waals surface area contributed by atoms with Gasteiger partial charge in [-0.3, -0.25) is 9.08 Å². The van der Waals surface area contributed by atoms with Crippen LogP contribution in [0.3, 0.4) is 0 Å². The number of aryl methyl sites for hydroxylation is 1. The fourth-order valence-electron chi connectivity index (χ4n) is 2.12. The predicted octanol–water partition coefficient (Wildman–Crippen LogP) is 2.90. The summed E-state index contributed by atoms with van der Waals surface area (Å²) in [7, 11) is 0. The Morgan fingerprint density at radius 2 is 2.29 bits per heavy atom. The van der Waals surface area contributed by atoms with E-state index in [9.17, 15) is 0 Å². The minimum Gasteiger partial charge on any atom is -0.434 e. The molecule has 0 unspecified atom stereocenters. The van der Waals surface area contributed by atoms with Crippen molar-refractivity contribution in [1.82, 2.24) is 24.5 Å². The molecule has 0 bridgehead atoms. The lowest BCUT2D eigenvalue weighted by atomic mass is 10.4. The number of nitrogens with one attached hydrogen (secondary N) is 1. The fraction of sp³-hybridized carbons (Fsp3) is 0.429. The van der Waals surface area contributed by atoms with Crippen LogP contribution in [-0.2, 0) is 13.1 Å². The topological polar surface area (TPSA) is 56.4 Å². The van der Waals surface area contributed by atoms with Gasteiger partial charge >= 0.3 is 0 Å². The van der Waals surface area contributed by atoms with Gasteiger partial charge in [0.15, 0.2) is 10.7 Å². The van der Waals surface area contributed by atoms with Gasteiger partial charge in [0.1, 0.15) is 5.69 Å². The molecule has 3 rings (SSSR count). The Bertz CT molecular complexity index is 714. The highest BCUT2D eigenvalue weighted by Crippen LogP contribution is 2.27. The summed E-state index contributed by atoms with van der Waals surface area (Å²) in [6.07, 6.45) is 6.74. The van der Waals surface area contributed by atoms with E-state index in [4.69, 9.17) is 4.74 Å². The summed E-state index contributed by atoms with van der Waals surface area (Å²) in [4.78, 5) is 5.51. The van der Waals surface area contributed by atoms with E-state index in [2.05, 4.69) is 26.7 Å². The van der Waals surface area contributed by atoms with Gasteiger partial charge in [-0.1, -0.05) is 6.92 Å². The molecule has 0 saturated carbocycles. The average molecular weight is 305 g/mol. The molecular weight excluding hydrogens is 286 g/mol. The molecule has 21 heavy (non-hydrogen) atoms. The van der Waals surface area contributed by atoms with Crippen LogP contribution in [-0.4, -0.2) is 25.7 Å². The Morgan fingerprint density at radius 1 is 1.38 bits per heavy atom. The lowest BCUT2D eigenvalue weighted by molar-refractivity contribution is 0.454. The largest absolute Gasteiger partial charge is 0.434 e. The maximum atomic E-state index is 5.92. The normalized spacial score (nSPS) is 11.3. The summed E-state index contributed by atoms with van der Waals surface area (Å²) in [5.74, 6) is 1.38. The first-order chi connectivity index (χ1) is 10.3. The van der Waals surface area contributed by atoms with E-state index in [0.29, 0.717) is 5.88 Å². The lowest BCUT2D eigenvalue weighted by Crippen LogP contribution is -2.15. The fourth-order valence-corrected chi connectivity index (χ4v) is 2.85. The van der Waals surface area contributed by atoms with Crippen molar-refractivity contribution in [2.45, 2.75) is 33.4 Å². The number of imidazole rings is 1. The molecule has 0 aliphatic rings. The molecule has 0 amide bonds. The Hall–Kier alpha value is -1.86. The van der Waals surface area contributed by atoms with E-state index >= 15 is 0 Å². The molecule has 0 fully saturated rings. The minimum absolute atomic E-state index is 0.654. The second-order valence-corrected chi connectivity index (χ2v) is 5.60. The van der Waals surface area contributed by atoms with E-state index in [1.165, 1.54) is 0 Å². The van der Waals surface area contributed by atoms with Crippen molar-refractivity contribution in [3.63, 3.8) is 0 Å². The van der Waals surface area contributed by atoms with Gasteiger partial charge in [-0.15, -0.1) is 11.3 Å². The SMILES string of the molecule is CCCNCc1c(Oc2cnn(CC)c2)nc2sccn12. The van der Waals surface area contributed by atoms with Crippen molar-refractivity contribution in [1.29, 1.82) is 0 Å². The maximum absolute atomic E-state index is 5.92. The monoisotopic (exact) mass is 305 g/mol. The number of thiazole rings is 1. The number of fused-ring (bicyclic) bond motifs is 1. The van der Waals surface area contributed by atoms with E-state index in [-0.39, 0.29) is 0 Å². The summed E-state index contributed by atoms with van der Waals surface area (Å²) in [5, 5.41) is 9.66. The third-order valence-corrected chi connectivity index (χ3v) is 3.95. The molecule has 3 aromatic heterocycles. The zero-order valence-electron chi connectivity index (χ0n) is 12.2. The molecule has 0 radical (unpaired) electrons. The minimum atomic E-state index is 0.654. The van der Waals surface area contributed by atoms with Crippen LogP contribution in [0.4, 0.5) is 0 Å². The van der Waals surface area contributed by atoms with Gasteiger partial charge in [0.25, 0.3) is 0 Å². The third-order valence-electron chi connectivity index (χ3n) is 3.19. The number of hydrogen-bond acceptors (Lipinski definition) is 5. The predicted molar refractivity (Wildman–Crippen MR) is 83.0 cm³/mol. The summed E-state index contributed by atoms with van der Waals surface area (Å²) in [6.45, 7) is 6.74. The second kappa shape index (κ2) is 6.28. The highest BCUT2D eigenvalue weighted by atomic mass is 32.1. The van der Waals surface area contributed by atoms with Crippen molar-refractivity contribution in [2.75, 3.05) is 6.54 Å². The van der Waals surface area contributed by atoms with Crippen LogP contribution >= 0.6 is 11.3 Å². The molecular formula is C14H19N5OS. The highest BCUT2D eigenvalue weighted by Gasteiger charge is 2.15.